The molecule has 0 bridgehead atoms. The molecule has 0 aromatic carbocycles. The van der Waals surface area contributed by atoms with Crippen molar-refractivity contribution in [1.29, 1.82) is 0 Å². The fourth-order valence-electron chi connectivity index (χ4n) is 11.7. The first-order valence-corrected chi connectivity index (χ1v) is 36.0. The molecule has 0 spiro atoms. The Balaban J connectivity index is 1.89. The zero-order valence-corrected chi connectivity index (χ0v) is 54.0. The van der Waals surface area contributed by atoms with Crippen molar-refractivity contribution in [2.24, 2.45) is 0 Å². The molecule has 1 aliphatic heterocycles. The van der Waals surface area contributed by atoms with E-state index < -0.39 is 49.5 Å². The van der Waals surface area contributed by atoms with Crippen molar-refractivity contribution in [3.05, 3.63) is 12.2 Å². The number of ether oxygens (including phenoxy) is 3. The molecule has 0 aromatic heterocycles. The number of nitrogens with one attached hydrogen (secondary N) is 1. The number of unbranched alkanes of at least 4 members (excludes halogenated alkanes) is 50. The summed E-state index contributed by atoms with van der Waals surface area (Å²) in [4.78, 5) is 25.1. The maximum absolute atomic E-state index is 13.0. The number of aliphatic hydroxyl groups excluding tert-OH is 5. The molecule has 11 heteroatoms. The Kier molecular flexibility index (Phi) is 58.4. The molecule has 0 aromatic rings. The Bertz CT molecular complexity index is 1370. The van der Waals surface area contributed by atoms with Crippen LogP contribution in [0.1, 0.15) is 367 Å². The van der Waals surface area contributed by atoms with Gasteiger partial charge in [0.1, 0.15) is 24.4 Å². The molecule has 1 heterocycles. The largest absolute Gasteiger partial charge is 0.466 e. The van der Waals surface area contributed by atoms with Crippen molar-refractivity contribution in [3.8, 4) is 0 Å². The van der Waals surface area contributed by atoms with Gasteiger partial charge in [0.05, 0.1) is 32.0 Å². The number of hydrogen-bond donors (Lipinski definition) is 6. The Morgan fingerprint density at radius 1 is 0.439 bits per heavy atom. The Morgan fingerprint density at radius 3 is 1.13 bits per heavy atom. The third kappa shape index (κ3) is 49.5. The van der Waals surface area contributed by atoms with Gasteiger partial charge in [0.15, 0.2) is 6.29 Å². The average molecular weight is 1160 g/mol. The van der Waals surface area contributed by atoms with Gasteiger partial charge in [0.2, 0.25) is 5.91 Å². The van der Waals surface area contributed by atoms with Gasteiger partial charge in [-0.2, -0.15) is 0 Å². The molecule has 7 atom stereocenters. The van der Waals surface area contributed by atoms with E-state index in [1.165, 1.54) is 289 Å². The van der Waals surface area contributed by atoms with Crippen molar-refractivity contribution < 1.29 is 49.3 Å². The van der Waals surface area contributed by atoms with Gasteiger partial charge < -0.3 is 45.1 Å². The molecule has 11 nitrogen and oxygen atoms in total. The molecule has 0 radical (unpaired) electrons. The molecule has 1 fully saturated rings. The minimum atomic E-state index is -1.57. The van der Waals surface area contributed by atoms with Crippen LogP contribution in [-0.2, 0) is 23.8 Å². The minimum Gasteiger partial charge on any atom is -0.466 e. The molecule has 1 amide bonds. The predicted molar refractivity (Wildman–Crippen MR) is 343 cm³/mol. The molecule has 1 saturated heterocycles. The lowest BCUT2D eigenvalue weighted by Gasteiger charge is -2.40. The van der Waals surface area contributed by atoms with E-state index in [0.29, 0.717) is 19.4 Å². The molecule has 7 unspecified atom stereocenters. The molecule has 6 N–H and O–H groups in total. The SMILES string of the molecule is CCCCCCCCC/C=C/C(O)C(COC1OC(CO)C(O)C(O)C1O)NC(=O)CCCCCCCCCCCCCCCCCCCCCCCCCCCCOC(=O)CCCCCCCCCCCCCCCCCCCCC. The predicted octanol–water partition coefficient (Wildman–Crippen LogP) is 18.2. The van der Waals surface area contributed by atoms with Crippen molar-refractivity contribution in [2.45, 2.75) is 410 Å². The summed E-state index contributed by atoms with van der Waals surface area (Å²) in [6.45, 7) is 4.36. The summed E-state index contributed by atoms with van der Waals surface area (Å²) in [5.41, 5.74) is 0. The quantitative estimate of drug-likeness (QED) is 0.0195. The highest BCUT2D eigenvalue weighted by atomic mass is 16.7. The smallest absolute Gasteiger partial charge is 0.305 e. The van der Waals surface area contributed by atoms with Crippen molar-refractivity contribution in [3.63, 3.8) is 0 Å². The number of carbonyl (C=O) groups excluding carboxylic acids is 2. The molecule has 0 saturated carbocycles. The van der Waals surface area contributed by atoms with E-state index in [4.69, 9.17) is 14.2 Å². The summed E-state index contributed by atoms with van der Waals surface area (Å²) < 4.78 is 16.7. The van der Waals surface area contributed by atoms with Crippen LogP contribution in [0.5, 0.6) is 0 Å². The molecule has 0 aliphatic carbocycles. The van der Waals surface area contributed by atoms with Crippen LogP contribution in [0.15, 0.2) is 12.2 Å². The van der Waals surface area contributed by atoms with Crippen LogP contribution >= 0.6 is 0 Å². The Morgan fingerprint density at radius 2 is 0.768 bits per heavy atom. The molecule has 1 aliphatic rings. The molecule has 486 valence electrons. The van der Waals surface area contributed by atoms with Crippen LogP contribution in [0.3, 0.4) is 0 Å². The normalized spacial score (nSPS) is 18.2. The third-order valence-corrected chi connectivity index (χ3v) is 17.4. The number of aliphatic hydroxyl groups is 5. The lowest BCUT2D eigenvalue weighted by atomic mass is 9.99. The maximum Gasteiger partial charge on any atom is 0.305 e. The van der Waals surface area contributed by atoms with Gasteiger partial charge >= 0.3 is 5.97 Å². The Hall–Kier alpha value is -1.60. The maximum atomic E-state index is 13.0. The van der Waals surface area contributed by atoms with Gasteiger partial charge in [-0.1, -0.05) is 334 Å². The van der Waals surface area contributed by atoms with E-state index >= 15 is 0 Å². The van der Waals surface area contributed by atoms with E-state index in [1.807, 2.05) is 6.08 Å². The van der Waals surface area contributed by atoms with Gasteiger partial charge in [0, 0.05) is 12.8 Å². The first-order valence-electron chi connectivity index (χ1n) is 36.0. The summed E-state index contributed by atoms with van der Waals surface area (Å²) >= 11 is 0. The van der Waals surface area contributed by atoms with Crippen LogP contribution in [0.25, 0.3) is 0 Å². The Labute approximate surface area is 506 Å². The number of esters is 1. The molecular weight excluding hydrogens is 1030 g/mol. The molecular formula is C71H137NO10. The van der Waals surface area contributed by atoms with Crippen molar-refractivity contribution in [1.82, 2.24) is 5.32 Å². The van der Waals surface area contributed by atoms with Crippen LogP contribution in [0.2, 0.25) is 0 Å². The first-order chi connectivity index (χ1) is 40.2. The lowest BCUT2D eigenvalue weighted by molar-refractivity contribution is -0.302. The van der Waals surface area contributed by atoms with E-state index in [0.717, 1.165) is 51.4 Å². The monoisotopic (exact) mass is 1160 g/mol. The lowest BCUT2D eigenvalue weighted by Crippen LogP contribution is -2.60. The van der Waals surface area contributed by atoms with E-state index in [-0.39, 0.29) is 18.5 Å². The van der Waals surface area contributed by atoms with Gasteiger partial charge in [-0.3, -0.25) is 9.59 Å². The molecule has 82 heavy (non-hydrogen) atoms. The van der Waals surface area contributed by atoms with Crippen LogP contribution in [0.4, 0.5) is 0 Å². The summed E-state index contributed by atoms with van der Waals surface area (Å²) in [5.74, 6) is -0.167. The topological polar surface area (TPSA) is 175 Å². The van der Waals surface area contributed by atoms with E-state index in [1.54, 1.807) is 6.08 Å². The minimum absolute atomic E-state index is 0.0129. The van der Waals surface area contributed by atoms with E-state index in [2.05, 4.69) is 19.2 Å². The standard InChI is InChI=1S/C71H137NO10/c1-3-5-7-9-11-13-14-15-16-17-26-30-33-36-39-43-47-51-55-59-67(76)80-60-56-52-48-44-40-37-34-31-28-25-23-21-19-18-20-22-24-27-29-32-35-38-42-46-50-54-58-66(75)72-63(64(74)57-53-49-45-41-12-10-8-6-4-2)62-81-71-70(79)69(78)68(77)65(61-73)82-71/h53,57,63-65,68-71,73-74,77-79H,3-52,54-56,58-62H2,1-2H3,(H,72,75)/b57-53+. The zero-order valence-electron chi connectivity index (χ0n) is 54.0. The first kappa shape index (κ1) is 78.4. The summed E-state index contributed by atoms with van der Waals surface area (Å²) in [6, 6.07) is -0.806. The second kappa shape index (κ2) is 61.1. The highest BCUT2D eigenvalue weighted by molar-refractivity contribution is 5.76. The fourth-order valence-corrected chi connectivity index (χ4v) is 11.7. The van der Waals surface area contributed by atoms with Gasteiger partial charge in [-0.15, -0.1) is 0 Å². The number of amides is 1. The summed E-state index contributed by atoms with van der Waals surface area (Å²) in [7, 11) is 0. The van der Waals surface area contributed by atoms with E-state index in [9.17, 15) is 35.1 Å². The number of carbonyl (C=O) groups is 2. The number of rotatable bonds is 64. The fraction of sp³-hybridized carbons (Fsp3) is 0.944. The van der Waals surface area contributed by atoms with Crippen LogP contribution in [0, 0.1) is 0 Å². The zero-order chi connectivity index (χ0) is 59.5. The summed E-state index contributed by atoms with van der Waals surface area (Å²) in [6.07, 6.45) is 65.1. The third-order valence-electron chi connectivity index (χ3n) is 17.4. The molecule has 1 rings (SSSR count). The van der Waals surface area contributed by atoms with Gasteiger partial charge in [-0.05, 0) is 32.1 Å². The highest BCUT2D eigenvalue weighted by Gasteiger charge is 2.44. The highest BCUT2D eigenvalue weighted by Crippen LogP contribution is 2.24. The van der Waals surface area contributed by atoms with Crippen LogP contribution < -0.4 is 5.32 Å². The van der Waals surface area contributed by atoms with Crippen LogP contribution in [-0.4, -0.2) is 100 Å². The van der Waals surface area contributed by atoms with Gasteiger partial charge in [0.25, 0.3) is 0 Å². The number of allylic oxidation sites excluding steroid dienone is 1. The average Bonchev–Trinajstić information content (AvgIpc) is 3.48. The second-order valence-corrected chi connectivity index (χ2v) is 25.3. The summed E-state index contributed by atoms with van der Waals surface area (Å²) in [5, 5.41) is 54.3. The van der Waals surface area contributed by atoms with Gasteiger partial charge in [-0.25, -0.2) is 0 Å². The van der Waals surface area contributed by atoms with Crippen molar-refractivity contribution in [2.75, 3.05) is 19.8 Å². The van der Waals surface area contributed by atoms with Crippen molar-refractivity contribution >= 4 is 11.9 Å². The number of hydrogen-bond acceptors (Lipinski definition) is 10. The second-order valence-electron chi connectivity index (χ2n) is 25.3.